The number of aromatic nitrogens is 2. The lowest BCUT2D eigenvalue weighted by molar-refractivity contribution is 0.417. The number of methoxy groups -OCH3 is 1. The molecule has 0 aliphatic heterocycles. The number of benzene rings is 2. The van der Waals surface area contributed by atoms with Crippen molar-refractivity contribution in [2.75, 3.05) is 7.11 Å². The molecule has 144 valence electrons. The van der Waals surface area contributed by atoms with Crippen LogP contribution in [0.3, 0.4) is 0 Å². The third kappa shape index (κ3) is 2.65. The predicted octanol–water partition coefficient (Wildman–Crippen LogP) is 5.25. The Bertz CT molecular complexity index is 1470. The molecule has 0 radical (unpaired) electrons. The van der Waals surface area contributed by atoms with Gasteiger partial charge in [0.2, 0.25) is 5.71 Å². The van der Waals surface area contributed by atoms with Crippen molar-refractivity contribution in [3.8, 4) is 5.75 Å². The summed E-state index contributed by atoms with van der Waals surface area (Å²) in [6, 6.07) is 13.9. The molecule has 0 fully saturated rings. The van der Waals surface area contributed by atoms with Crippen LogP contribution >= 0.6 is 15.9 Å². The summed E-state index contributed by atoms with van der Waals surface area (Å²) in [6.45, 7) is 0.175. The monoisotopic (exact) mass is 452 g/mol. The van der Waals surface area contributed by atoms with Crippen molar-refractivity contribution < 1.29 is 13.5 Å². The van der Waals surface area contributed by atoms with E-state index in [-0.39, 0.29) is 18.1 Å². The molecule has 7 heteroatoms. The zero-order valence-electron chi connectivity index (χ0n) is 15.3. The molecule has 29 heavy (non-hydrogen) atoms. The lowest BCUT2D eigenvalue weighted by Crippen LogP contribution is -2.09. The van der Waals surface area contributed by atoms with Crippen molar-refractivity contribution in [2.24, 2.45) is 0 Å². The summed E-state index contributed by atoms with van der Waals surface area (Å²) in [6.07, 6.45) is 1.57. The lowest BCUT2D eigenvalue weighted by Gasteiger charge is -2.09. The van der Waals surface area contributed by atoms with Crippen molar-refractivity contribution in [3.05, 3.63) is 81.0 Å². The van der Waals surface area contributed by atoms with Crippen LogP contribution in [0.4, 0.5) is 4.39 Å². The minimum Gasteiger partial charge on any atom is -0.495 e. The van der Waals surface area contributed by atoms with Crippen LogP contribution in [-0.4, -0.2) is 16.7 Å². The van der Waals surface area contributed by atoms with Crippen LogP contribution < -0.4 is 10.4 Å². The maximum atomic E-state index is 14.4. The number of fused-ring (bicyclic) bond motifs is 5. The highest BCUT2D eigenvalue weighted by Crippen LogP contribution is 2.41. The first kappa shape index (κ1) is 17.9. The molecule has 0 saturated heterocycles. The Morgan fingerprint density at radius 1 is 1.14 bits per heavy atom. The molecular formula is C22H14BrFN2O3. The van der Waals surface area contributed by atoms with Gasteiger partial charge in [-0.2, -0.15) is 0 Å². The van der Waals surface area contributed by atoms with E-state index in [4.69, 9.17) is 9.15 Å². The molecule has 2 aromatic carbocycles. The van der Waals surface area contributed by atoms with Gasteiger partial charge in [0.15, 0.2) is 0 Å². The molecule has 0 saturated carbocycles. The molecule has 3 aromatic heterocycles. The van der Waals surface area contributed by atoms with Crippen LogP contribution in [0.25, 0.3) is 32.9 Å². The van der Waals surface area contributed by atoms with Gasteiger partial charge < -0.3 is 13.7 Å². The summed E-state index contributed by atoms with van der Waals surface area (Å²) < 4.78 is 28.1. The van der Waals surface area contributed by atoms with Crippen LogP contribution in [0.2, 0.25) is 0 Å². The second-order valence-electron chi connectivity index (χ2n) is 6.62. The molecule has 0 amide bonds. The molecule has 0 aliphatic rings. The van der Waals surface area contributed by atoms with E-state index < -0.39 is 5.63 Å². The van der Waals surface area contributed by atoms with E-state index in [1.165, 1.54) is 6.07 Å². The number of pyridine rings is 1. The van der Waals surface area contributed by atoms with Gasteiger partial charge in [0, 0.05) is 22.5 Å². The predicted molar refractivity (Wildman–Crippen MR) is 113 cm³/mol. The van der Waals surface area contributed by atoms with E-state index in [2.05, 4.69) is 20.9 Å². The molecule has 0 N–H and O–H groups in total. The molecule has 5 aromatic rings. The highest BCUT2D eigenvalue weighted by Gasteiger charge is 2.23. The summed E-state index contributed by atoms with van der Waals surface area (Å²) in [5, 5.41) is 2.11. The van der Waals surface area contributed by atoms with Crippen LogP contribution in [0.5, 0.6) is 5.75 Å². The Labute approximate surface area is 172 Å². The molecule has 0 spiro atoms. The molecule has 3 heterocycles. The van der Waals surface area contributed by atoms with Gasteiger partial charge in [-0.3, -0.25) is 0 Å². The molecule has 0 unspecified atom stereocenters. The third-order valence-electron chi connectivity index (χ3n) is 5.05. The van der Waals surface area contributed by atoms with Gasteiger partial charge in [-0.15, -0.1) is 0 Å². The van der Waals surface area contributed by atoms with Gasteiger partial charge in [0.05, 0.1) is 29.0 Å². The summed E-state index contributed by atoms with van der Waals surface area (Å²) >= 11 is 3.52. The number of halogens is 2. The average molecular weight is 453 g/mol. The highest BCUT2D eigenvalue weighted by atomic mass is 79.9. The number of rotatable bonds is 3. The molecule has 5 rings (SSSR count). The maximum absolute atomic E-state index is 14.4. The fraction of sp³-hybridized carbons (Fsp3) is 0.0909. The van der Waals surface area contributed by atoms with Crippen LogP contribution in [0.1, 0.15) is 5.56 Å². The topological polar surface area (TPSA) is 57.3 Å². The maximum Gasteiger partial charge on any atom is 0.362 e. The number of hydrogen-bond acceptors (Lipinski definition) is 4. The largest absolute Gasteiger partial charge is 0.495 e. The van der Waals surface area contributed by atoms with Gasteiger partial charge in [0.25, 0.3) is 0 Å². The summed E-state index contributed by atoms with van der Waals surface area (Å²) in [7, 11) is 1.57. The lowest BCUT2D eigenvalue weighted by atomic mass is 10.1. The second kappa shape index (κ2) is 6.70. The van der Waals surface area contributed by atoms with Crippen molar-refractivity contribution in [3.63, 3.8) is 0 Å². The number of hydrogen-bond donors (Lipinski definition) is 0. The number of nitrogens with zero attached hydrogens (tertiary/aromatic N) is 2. The Kier molecular flexibility index (Phi) is 4.13. The Balaban J connectivity index is 2.01. The van der Waals surface area contributed by atoms with Gasteiger partial charge in [-0.05, 0) is 46.3 Å². The van der Waals surface area contributed by atoms with Crippen molar-refractivity contribution in [1.82, 2.24) is 9.55 Å². The second-order valence-corrected chi connectivity index (χ2v) is 7.48. The third-order valence-corrected chi connectivity index (χ3v) is 5.67. The molecule has 0 bridgehead atoms. The number of ether oxygens (including phenoxy) is 1. The fourth-order valence-electron chi connectivity index (χ4n) is 3.82. The van der Waals surface area contributed by atoms with E-state index in [9.17, 15) is 9.18 Å². The van der Waals surface area contributed by atoms with E-state index in [0.717, 1.165) is 15.4 Å². The van der Waals surface area contributed by atoms with Gasteiger partial charge in [0.1, 0.15) is 17.1 Å². The standard InChI is InChI=1S/C22H14BrFN2O3/c1-28-20-14(23)8-9-16-18(20)17-13-6-4-10-25-21(13)29-22(27)19(17)26(16)11-12-5-2-3-7-15(12)24/h2-10H,11H2,1H3. The summed E-state index contributed by atoms with van der Waals surface area (Å²) in [5.41, 5.74) is 1.28. The quantitative estimate of drug-likeness (QED) is 0.374. The van der Waals surface area contributed by atoms with E-state index in [1.54, 1.807) is 42.1 Å². The van der Waals surface area contributed by atoms with E-state index in [0.29, 0.717) is 27.6 Å². The first-order valence-electron chi connectivity index (χ1n) is 8.89. The van der Waals surface area contributed by atoms with Crippen LogP contribution in [-0.2, 0) is 6.54 Å². The van der Waals surface area contributed by atoms with Crippen LogP contribution in [0, 0.1) is 5.82 Å². The van der Waals surface area contributed by atoms with Gasteiger partial charge in [-0.1, -0.05) is 18.2 Å². The van der Waals surface area contributed by atoms with Gasteiger partial charge >= 0.3 is 5.63 Å². The van der Waals surface area contributed by atoms with Crippen molar-refractivity contribution in [2.45, 2.75) is 6.54 Å². The first-order chi connectivity index (χ1) is 14.1. The SMILES string of the molecule is COc1c(Br)ccc2c1c1c3cccnc3oc(=O)c1n2Cc1ccccc1F. The minimum absolute atomic E-state index is 0.175. The van der Waals surface area contributed by atoms with E-state index in [1.807, 2.05) is 18.2 Å². The van der Waals surface area contributed by atoms with Crippen molar-refractivity contribution >= 4 is 48.8 Å². The zero-order chi connectivity index (χ0) is 20.1. The molecule has 0 atom stereocenters. The molecule has 5 nitrogen and oxygen atoms in total. The minimum atomic E-state index is -0.531. The summed E-state index contributed by atoms with van der Waals surface area (Å²) in [4.78, 5) is 17.2. The first-order valence-corrected chi connectivity index (χ1v) is 9.69. The Hall–Kier alpha value is -3.19. The van der Waals surface area contributed by atoms with Gasteiger partial charge in [-0.25, -0.2) is 14.2 Å². The Morgan fingerprint density at radius 2 is 1.97 bits per heavy atom. The zero-order valence-corrected chi connectivity index (χ0v) is 16.9. The normalized spacial score (nSPS) is 11.6. The molecular weight excluding hydrogens is 439 g/mol. The summed E-state index contributed by atoms with van der Waals surface area (Å²) in [5.74, 6) is 0.258. The van der Waals surface area contributed by atoms with Crippen molar-refractivity contribution in [1.29, 1.82) is 0 Å². The smallest absolute Gasteiger partial charge is 0.362 e. The highest BCUT2D eigenvalue weighted by molar-refractivity contribution is 9.10. The molecule has 0 aliphatic carbocycles. The van der Waals surface area contributed by atoms with E-state index >= 15 is 0 Å². The Morgan fingerprint density at radius 3 is 2.76 bits per heavy atom. The van der Waals surface area contributed by atoms with Crippen LogP contribution in [0.15, 0.2) is 68.4 Å². The average Bonchev–Trinajstić information content (AvgIpc) is 3.05. The fourth-order valence-corrected chi connectivity index (χ4v) is 4.31.